The first-order valence-corrected chi connectivity index (χ1v) is 11.7. The van der Waals surface area contributed by atoms with Crippen molar-refractivity contribution in [3.8, 4) is 17.2 Å². The number of benzene rings is 3. The van der Waals surface area contributed by atoms with Crippen molar-refractivity contribution in [3.05, 3.63) is 59.7 Å². The molecule has 0 fully saturated rings. The summed E-state index contributed by atoms with van der Waals surface area (Å²) in [5, 5.41) is 8.12. The molecule has 0 aliphatic heterocycles. The van der Waals surface area contributed by atoms with Gasteiger partial charge in [-0.2, -0.15) is 0 Å². The van der Waals surface area contributed by atoms with E-state index in [0.717, 1.165) is 50.1 Å². The van der Waals surface area contributed by atoms with Crippen molar-refractivity contribution < 1.29 is 23.7 Å². The Morgan fingerprint density at radius 3 is 2.06 bits per heavy atom. The minimum Gasteiger partial charge on any atom is -0.496 e. The number of carbonyl (C=O) groups excluding carboxylic acids is 1. The first-order chi connectivity index (χ1) is 17.3. The van der Waals surface area contributed by atoms with Crippen LogP contribution < -0.4 is 24.8 Å². The first kappa shape index (κ1) is 24.9. The number of nitrogens with zero attached hydrogens (tertiary/aromatic N) is 1. The Morgan fingerprint density at radius 2 is 1.44 bits per heavy atom. The van der Waals surface area contributed by atoms with Crippen LogP contribution in [0.1, 0.15) is 25.0 Å². The summed E-state index contributed by atoms with van der Waals surface area (Å²) >= 11 is 0. The van der Waals surface area contributed by atoms with Crippen LogP contribution in [-0.2, 0) is 11.3 Å². The number of fused-ring (bicyclic) bond motifs is 2. The third kappa shape index (κ3) is 5.22. The Balaban J connectivity index is 1.74. The van der Waals surface area contributed by atoms with Crippen molar-refractivity contribution in [3.63, 3.8) is 0 Å². The highest BCUT2D eigenvalue weighted by Gasteiger charge is 2.16. The maximum Gasteiger partial charge on any atom is 0.407 e. The van der Waals surface area contributed by atoms with Crippen LogP contribution in [0.4, 0.5) is 16.2 Å². The molecule has 3 aromatic carbocycles. The molecule has 4 rings (SSSR count). The van der Waals surface area contributed by atoms with Gasteiger partial charge in [0.1, 0.15) is 12.4 Å². The number of amides is 1. The lowest BCUT2D eigenvalue weighted by Crippen LogP contribution is -2.30. The van der Waals surface area contributed by atoms with E-state index in [-0.39, 0.29) is 12.6 Å². The molecule has 1 amide bonds. The highest BCUT2D eigenvalue weighted by atomic mass is 16.5. The van der Waals surface area contributed by atoms with Gasteiger partial charge in [-0.05, 0) is 56.2 Å². The van der Waals surface area contributed by atoms with Gasteiger partial charge in [0.05, 0.1) is 38.1 Å². The number of hydrogen-bond acceptors (Lipinski definition) is 7. The third-order valence-corrected chi connectivity index (χ3v) is 5.79. The lowest BCUT2D eigenvalue weighted by molar-refractivity contribution is 0.137. The summed E-state index contributed by atoms with van der Waals surface area (Å²) in [7, 11) is 4.87. The molecule has 0 radical (unpaired) electrons. The smallest absolute Gasteiger partial charge is 0.407 e. The van der Waals surface area contributed by atoms with Gasteiger partial charge in [0.25, 0.3) is 0 Å². The van der Waals surface area contributed by atoms with Crippen molar-refractivity contribution in [1.82, 2.24) is 10.3 Å². The topological polar surface area (TPSA) is 90.9 Å². The summed E-state index contributed by atoms with van der Waals surface area (Å²) in [6.45, 7) is 5.97. The second kappa shape index (κ2) is 10.6. The molecule has 0 atom stereocenters. The Morgan fingerprint density at radius 1 is 0.861 bits per heavy atom. The maximum absolute atomic E-state index is 11.8. The SMILES string of the molecule is COc1cc2nc3cc(OC)c(OC)cc3c(Nc3ccc(COC(=O)NC(C)C)cc3)c2cc1C. The van der Waals surface area contributed by atoms with E-state index in [9.17, 15) is 4.79 Å². The van der Waals surface area contributed by atoms with E-state index in [4.69, 9.17) is 23.9 Å². The number of carbonyl (C=O) groups is 1. The molecule has 0 unspecified atom stereocenters. The highest BCUT2D eigenvalue weighted by molar-refractivity contribution is 6.10. The molecule has 0 bridgehead atoms. The molecule has 0 aliphatic rings. The minimum atomic E-state index is -0.433. The van der Waals surface area contributed by atoms with Crippen molar-refractivity contribution in [1.29, 1.82) is 0 Å². The average molecular weight is 490 g/mol. The summed E-state index contributed by atoms with van der Waals surface area (Å²) in [6.07, 6.45) is -0.433. The second-order valence-electron chi connectivity index (χ2n) is 8.75. The van der Waals surface area contributed by atoms with Gasteiger partial charge >= 0.3 is 6.09 Å². The van der Waals surface area contributed by atoms with Crippen LogP contribution in [0.2, 0.25) is 0 Å². The Hall–Kier alpha value is -4.20. The number of aryl methyl sites for hydroxylation is 1. The zero-order chi connectivity index (χ0) is 25.8. The lowest BCUT2D eigenvalue weighted by Gasteiger charge is -2.17. The molecule has 0 aliphatic carbocycles. The molecule has 1 aromatic heterocycles. The van der Waals surface area contributed by atoms with Crippen molar-refractivity contribution in [2.24, 2.45) is 0 Å². The average Bonchev–Trinajstić information content (AvgIpc) is 2.87. The number of hydrogen-bond donors (Lipinski definition) is 2. The van der Waals surface area contributed by atoms with Crippen molar-refractivity contribution >= 4 is 39.3 Å². The fourth-order valence-electron chi connectivity index (χ4n) is 4.02. The lowest BCUT2D eigenvalue weighted by atomic mass is 10.0. The summed E-state index contributed by atoms with van der Waals surface area (Å²) in [5.41, 5.74) is 5.21. The minimum absolute atomic E-state index is 0.0243. The number of nitrogens with one attached hydrogen (secondary N) is 2. The molecule has 0 saturated heterocycles. The number of rotatable bonds is 8. The van der Waals surface area contributed by atoms with E-state index in [2.05, 4.69) is 16.7 Å². The number of ether oxygens (including phenoxy) is 4. The molecule has 1 heterocycles. The van der Waals surface area contributed by atoms with E-state index < -0.39 is 6.09 Å². The molecule has 8 heteroatoms. The summed E-state index contributed by atoms with van der Waals surface area (Å²) < 4.78 is 21.9. The number of anilines is 2. The van der Waals surface area contributed by atoms with Gasteiger partial charge in [0, 0.05) is 34.6 Å². The van der Waals surface area contributed by atoms with Crippen molar-refractivity contribution in [2.75, 3.05) is 26.6 Å². The number of methoxy groups -OCH3 is 3. The molecule has 8 nitrogen and oxygen atoms in total. The molecule has 2 N–H and O–H groups in total. The largest absolute Gasteiger partial charge is 0.496 e. The fraction of sp³-hybridized carbons (Fsp3) is 0.286. The Labute approximate surface area is 210 Å². The van der Waals surface area contributed by atoms with Gasteiger partial charge in [-0.25, -0.2) is 9.78 Å². The molecule has 36 heavy (non-hydrogen) atoms. The molecule has 0 spiro atoms. The van der Waals surface area contributed by atoms with Gasteiger partial charge < -0.3 is 29.6 Å². The molecular weight excluding hydrogens is 458 g/mol. The zero-order valence-electron chi connectivity index (χ0n) is 21.4. The van der Waals surface area contributed by atoms with Crippen LogP contribution in [0.25, 0.3) is 21.8 Å². The fourth-order valence-corrected chi connectivity index (χ4v) is 4.02. The second-order valence-corrected chi connectivity index (χ2v) is 8.75. The number of alkyl carbamates (subject to hydrolysis) is 1. The van der Waals surface area contributed by atoms with E-state index in [0.29, 0.717) is 11.5 Å². The van der Waals surface area contributed by atoms with E-state index in [1.54, 1.807) is 21.3 Å². The van der Waals surface area contributed by atoms with Gasteiger partial charge in [0.15, 0.2) is 11.5 Å². The van der Waals surface area contributed by atoms with Gasteiger partial charge in [-0.1, -0.05) is 12.1 Å². The molecule has 188 valence electrons. The molecular formula is C28H31N3O5. The van der Waals surface area contributed by atoms with Crippen molar-refractivity contribution in [2.45, 2.75) is 33.4 Å². The van der Waals surface area contributed by atoms with Crippen LogP contribution in [-0.4, -0.2) is 38.4 Å². The molecule has 4 aromatic rings. The van der Waals surface area contributed by atoms with E-state index in [1.807, 2.05) is 63.2 Å². The van der Waals surface area contributed by atoms with Gasteiger partial charge in [-0.15, -0.1) is 0 Å². The Kier molecular flexibility index (Phi) is 7.33. The molecule has 0 saturated carbocycles. The summed E-state index contributed by atoms with van der Waals surface area (Å²) in [6, 6.07) is 15.6. The normalized spacial score (nSPS) is 11.0. The van der Waals surface area contributed by atoms with Crippen LogP contribution in [0.3, 0.4) is 0 Å². The van der Waals surface area contributed by atoms with E-state index in [1.165, 1.54) is 0 Å². The van der Waals surface area contributed by atoms with Crippen LogP contribution in [0.5, 0.6) is 17.2 Å². The highest BCUT2D eigenvalue weighted by Crippen LogP contribution is 2.40. The monoisotopic (exact) mass is 489 g/mol. The summed E-state index contributed by atoms with van der Waals surface area (Å²) in [5.74, 6) is 1.99. The first-order valence-electron chi connectivity index (χ1n) is 11.7. The number of pyridine rings is 1. The van der Waals surface area contributed by atoms with Gasteiger partial charge in [-0.3, -0.25) is 0 Å². The number of aromatic nitrogens is 1. The summed E-state index contributed by atoms with van der Waals surface area (Å²) in [4.78, 5) is 16.7. The van der Waals surface area contributed by atoms with Gasteiger partial charge in [0.2, 0.25) is 0 Å². The predicted molar refractivity (Wildman–Crippen MR) is 142 cm³/mol. The third-order valence-electron chi connectivity index (χ3n) is 5.79. The van der Waals surface area contributed by atoms with Crippen LogP contribution in [0, 0.1) is 6.92 Å². The Bertz CT molecular complexity index is 1400. The maximum atomic E-state index is 11.8. The predicted octanol–water partition coefficient (Wildman–Crippen LogP) is 6.10. The zero-order valence-corrected chi connectivity index (χ0v) is 21.4. The quantitative estimate of drug-likeness (QED) is 0.289. The standard InChI is InChI=1S/C28H31N3O5/c1-16(2)29-28(32)36-15-18-7-9-19(10-8-18)30-27-20-11-17(3)24(33-4)13-22(20)31-23-14-26(35-6)25(34-5)12-21(23)27/h7-14,16H,15H2,1-6H3,(H,29,32)(H,30,31). The van der Waals surface area contributed by atoms with Crippen LogP contribution in [0.15, 0.2) is 48.5 Å². The van der Waals surface area contributed by atoms with Crippen LogP contribution >= 0.6 is 0 Å². The van der Waals surface area contributed by atoms with E-state index >= 15 is 0 Å².